The number of rotatable bonds is 3. The SMILES string of the molecule is CCc1nc(-c2ccc3cc(OC)ccc3c2)cs1. The average molecular weight is 269 g/mol. The molecule has 0 N–H and O–H groups in total. The standard InChI is InChI=1S/C16H15NOS/c1-3-16-17-15(10-19-16)13-5-4-12-9-14(18-2)7-6-11(12)8-13/h4-10H,3H2,1-2H3. The number of benzene rings is 2. The van der Waals surface area contributed by atoms with Gasteiger partial charge in [-0.05, 0) is 35.4 Å². The number of thiazole rings is 1. The zero-order valence-electron chi connectivity index (χ0n) is 11.0. The van der Waals surface area contributed by atoms with E-state index in [-0.39, 0.29) is 0 Å². The summed E-state index contributed by atoms with van der Waals surface area (Å²) in [5, 5.41) is 5.71. The Balaban J connectivity index is 2.06. The van der Waals surface area contributed by atoms with Crippen LogP contribution in [0.4, 0.5) is 0 Å². The van der Waals surface area contributed by atoms with Crippen LogP contribution < -0.4 is 4.74 Å². The molecule has 3 aromatic rings. The van der Waals surface area contributed by atoms with Crippen LogP contribution in [0.25, 0.3) is 22.0 Å². The van der Waals surface area contributed by atoms with Crippen molar-refractivity contribution in [3.8, 4) is 17.0 Å². The molecular formula is C16H15NOS. The van der Waals surface area contributed by atoms with Crippen molar-refractivity contribution >= 4 is 22.1 Å². The molecular weight excluding hydrogens is 254 g/mol. The molecule has 0 aliphatic carbocycles. The Bertz CT molecular complexity index is 718. The summed E-state index contributed by atoms with van der Waals surface area (Å²) >= 11 is 1.72. The Hall–Kier alpha value is -1.87. The number of aryl methyl sites for hydroxylation is 1. The first kappa shape index (κ1) is 12.2. The zero-order chi connectivity index (χ0) is 13.2. The van der Waals surface area contributed by atoms with Gasteiger partial charge in [-0.25, -0.2) is 4.98 Å². The highest BCUT2D eigenvalue weighted by Gasteiger charge is 2.05. The molecule has 3 heteroatoms. The van der Waals surface area contributed by atoms with E-state index in [2.05, 4.69) is 47.6 Å². The first-order valence-corrected chi connectivity index (χ1v) is 7.20. The summed E-state index contributed by atoms with van der Waals surface area (Å²) in [5.41, 5.74) is 2.24. The number of hydrogen-bond donors (Lipinski definition) is 0. The third kappa shape index (κ3) is 2.34. The monoisotopic (exact) mass is 269 g/mol. The molecule has 0 fully saturated rings. The summed E-state index contributed by atoms with van der Waals surface area (Å²) in [7, 11) is 1.69. The molecule has 0 bridgehead atoms. The van der Waals surface area contributed by atoms with Gasteiger partial charge in [0.1, 0.15) is 5.75 Å². The third-order valence-corrected chi connectivity index (χ3v) is 4.19. The van der Waals surface area contributed by atoms with Gasteiger partial charge in [0.15, 0.2) is 0 Å². The summed E-state index contributed by atoms with van der Waals surface area (Å²) in [6.07, 6.45) is 0.995. The van der Waals surface area contributed by atoms with E-state index in [9.17, 15) is 0 Å². The minimum Gasteiger partial charge on any atom is -0.497 e. The Morgan fingerprint density at radius 1 is 1.11 bits per heavy atom. The number of ether oxygens (including phenoxy) is 1. The van der Waals surface area contributed by atoms with Gasteiger partial charge in [0.25, 0.3) is 0 Å². The summed E-state index contributed by atoms with van der Waals surface area (Å²) in [6.45, 7) is 2.13. The molecule has 0 spiro atoms. The fourth-order valence-electron chi connectivity index (χ4n) is 2.12. The fourth-order valence-corrected chi connectivity index (χ4v) is 2.87. The van der Waals surface area contributed by atoms with Crippen LogP contribution in [0.1, 0.15) is 11.9 Å². The van der Waals surface area contributed by atoms with E-state index in [0.29, 0.717) is 0 Å². The van der Waals surface area contributed by atoms with Gasteiger partial charge in [-0.15, -0.1) is 11.3 Å². The fraction of sp³-hybridized carbons (Fsp3) is 0.188. The lowest BCUT2D eigenvalue weighted by atomic mass is 10.1. The van der Waals surface area contributed by atoms with Crippen molar-refractivity contribution in [3.05, 3.63) is 46.8 Å². The predicted molar refractivity (Wildman–Crippen MR) is 81.0 cm³/mol. The molecule has 0 aliphatic rings. The van der Waals surface area contributed by atoms with Crippen LogP contribution in [0.15, 0.2) is 41.8 Å². The molecule has 3 rings (SSSR count). The second-order valence-electron chi connectivity index (χ2n) is 4.41. The molecule has 0 aliphatic heterocycles. The number of hydrogen-bond acceptors (Lipinski definition) is 3. The van der Waals surface area contributed by atoms with Crippen LogP contribution >= 0.6 is 11.3 Å². The molecule has 0 atom stereocenters. The second-order valence-corrected chi connectivity index (χ2v) is 5.35. The number of aromatic nitrogens is 1. The lowest BCUT2D eigenvalue weighted by Gasteiger charge is -2.04. The van der Waals surface area contributed by atoms with E-state index in [0.717, 1.165) is 17.9 Å². The van der Waals surface area contributed by atoms with Gasteiger partial charge in [-0.3, -0.25) is 0 Å². The molecule has 0 saturated heterocycles. The highest BCUT2D eigenvalue weighted by Crippen LogP contribution is 2.27. The lowest BCUT2D eigenvalue weighted by Crippen LogP contribution is -1.84. The molecule has 1 heterocycles. The minimum atomic E-state index is 0.891. The van der Waals surface area contributed by atoms with E-state index in [1.165, 1.54) is 21.3 Å². The van der Waals surface area contributed by atoms with Gasteiger partial charge in [0.2, 0.25) is 0 Å². The van der Waals surface area contributed by atoms with Crippen molar-refractivity contribution in [1.29, 1.82) is 0 Å². The quantitative estimate of drug-likeness (QED) is 0.696. The van der Waals surface area contributed by atoms with Crippen molar-refractivity contribution in [2.75, 3.05) is 7.11 Å². The van der Waals surface area contributed by atoms with Gasteiger partial charge < -0.3 is 4.74 Å². The number of methoxy groups -OCH3 is 1. The van der Waals surface area contributed by atoms with Crippen molar-refractivity contribution in [3.63, 3.8) is 0 Å². The molecule has 0 radical (unpaired) electrons. The predicted octanol–water partition coefficient (Wildman–Crippen LogP) is 4.53. The Labute approximate surface area is 116 Å². The summed E-state index contributed by atoms with van der Waals surface area (Å²) in [5.74, 6) is 0.891. The summed E-state index contributed by atoms with van der Waals surface area (Å²) in [6, 6.07) is 12.6. The van der Waals surface area contributed by atoms with E-state index in [1.807, 2.05) is 6.07 Å². The van der Waals surface area contributed by atoms with Gasteiger partial charge >= 0.3 is 0 Å². The maximum atomic E-state index is 5.24. The molecule has 96 valence electrons. The highest BCUT2D eigenvalue weighted by atomic mass is 32.1. The highest BCUT2D eigenvalue weighted by molar-refractivity contribution is 7.09. The average Bonchev–Trinajstić information content (AvgIpc) is 2.95. The van der Waals surface area contributed by atoms with E-state index in [1.54, 1.807) is 18.4 Å². The van der Waals surface area contributed by atoms with Gasteiger partial charge in [-0.1, -0.05) is 25.1 Å². The number of fused-ring (bicyclic) bond motifs is 1. The molecule has 19 heavy (non-hydrogen) atoms. The summed E-state index contributed by atoms with van der Waals surface area (Å²) < 4.78 is 5.24. The molecule has 0 unspecified atom stereocenters. The summed E-state index contributed by atoms with van der Waals surface area (Å²) in [4.78, 5) is 4.63. The Morgan fingerprint density at radius 2 is 1.89 bits per heavy atom. The van der Waals surface area contributed by atoms with Crippen molar-refractivity contribution in [1.82, 2.24) is 4.98 Å². The third-order valence-electron chi connectivity index (χ3n) is 3.20. The first-order chi connectivity index (χ1) is 9.30. The Morgan fingerprint density at radius 3 is 2.63 bits per heavy atom. The van der Waals surface area contributed by atoms with Crippen molar-refractivity contribution in [2.45, 2.75) is 13.3 Å². The smallest absolute Gasteiger partial charge is 0.119 e. The van der Waals surface area contributed by atoms with Crippen LogP contribution in [0.2, 0.25) is 0 Å². The van der Waals surface area contributed by atoms with Gasteiger partial charge in [0, 0.05) is 10.9 Å². The van der Waals surface area contributed by atoms with Crippen LogP contribution in [0.5, 0.6) is 5.75 Å². The van der Waals surface area contributed by atoms with Crippen LogP contribution in [0.3, 0.4) is 0 Å². The number of nitrogens with zero attached hydrogens (tertiary/aromatic N) is 1. The van der Waals surface area contributed by atoms with Crippen molar-refractivity contribution < 1.29 is 4.74 Å². The van der Waals surface area contributed by atoms with Gasteiger partial charge in [-0.2, -0.15) is 0 Å². The van der Waals surface area contributed by atoms with Crippen LogP contribution in [0, 0.1) is 0 Å². The lowest BCUT2D eigenvalue weighted by molar-refractivity contribution is 0.415. The van der Waals surface area contributed by atoms with Gasteiger partial charge in [0.05, 0.1) is 17.8 Å². The van der Waals surface area contributed by atoms with E-state index < -0.39 is 0 Å². The largest absolute Gasteiger partial charge is 0.497 e. The normalized spacial score (nSPS) is 10.8. The molecule has 0 saturated carbocycles. The van der Waals surface area contributed by atoms with Crippen molar-refractivity contribution in [2.24, 2.45) is 0 Å². The molecule has 2 aromatic carbocycles. The van der Waals surface area contributed by atoms with E-state index >= 15 is 0 Å². The Kier molecular flexibility index (Phi) is 3.22. The second kappa shape index (κ2) is 5.02. The minimum absolute atomic E-state index is 0.891. The molecule has 0 amide bonds. The van der Waals surface area contributed by atoms with Crippen LogP contribution in [-0.4, -0.2) is 12.1 Å². The molecule has 1 aromatic heterocycles. The topological polar surface area (TPSA) is 22.1 Å². The van der Waals surface area contributed by atoms with Crippen LogP contribution in [-0.2, 0) is 6.42 Å². The maximum Gasteiger partial charge on any atom is 0.119 e. The zero-order valence-corrected chi connectivity index (χ0v) is 11.8. The molecule has 2 nitrogen and oxygen atoms in total. The first-order valence-electron chi connectivity index (χ1n) is 6.32. The van der Waals surface area contributed by atoms with E-state index in [4.69, 9.17) is 4.74 Å². The maximum absolute atomic E-state index is 5.24.